The first-order valence-corrected chi connectivity index (χ1v) is 8.43. The summed E-state index contributed by atoms with van der Waals surface area (Å²) in [5.74, 6) is 0.205. The van der Waals surface area contributed by atoms with Crippen LogP contribution in [0.1, 0.15) is 19.4 Å². The summed E-state index contributed by atoms with van der Waals surface area (Å²) < 4.78 is 11.0. The number of hydrogen-bond acceptors (Lipinski definition) is 4. The van der Waals surface area contributed by atoms with Gasteiger partial charge >= 0.3 is 5.63 Å². The number of halogens is 1. The fourth-order valence-corrected chi connectivity index (χ4v) is 2.65. The van der Waals surface area contributed by atoms with Crippen LogP contribution in [-0.2, 0) is 4.79 Å². The maximum Gasteiger partial charge on any atom is 0.336 e. The van der Waals surface area contributed by atoms with E-state index in [1.165, 1.54) is 6.07 Å². The van der Waals surface area contributed by atoms with Gasteiger partial charge in [0.15, 0.2) is 5.60 Å². The van der Waals surface area contributed by atoms with Crippen molar-refractivity contribution in [2.45, 2.75) is 26.4 Å². The summed E-state index contributed by atoms with van der Waals surface area (Å²) in [4.78, 5) is 24.2. The molecular weight excluding hydrogens is 354 g/mol. The number of nitrogens with one attached hydrogen (secondary N) is 1. The molecule has 0 atom stereocenters. The topological polar surface area (TPSA) is 68.5 Å². The smallest absolute Gasteiger partial charge is 0.336 e. The van der Waals surface area contributed by atoms with Crippen LogP contribution in [-0.4, -0.2) is 11.5 Å². The van der Waals surface area contributed by atoms with Crippen LogP contribution in [0.2, 0.25) is 5.02 Å². The van der Waals surface area contributed by atoms with Crippen molar-refractivity contribution in [1.29, 1.82) is 0 Å². The average molecular weight is 372 g/mol. The summed E-state index contributed by atoms with van der Waals surface area (Å²) in [6.45, 7) is 5.17. The van der Waals surface area contributed by atoms with E-state index in [0.717, 1.165) is 10.9 Å². The highest BCUT2D eigenvalue weighted by Crippen LogP contribution is 2.24. The predicted octanol–water partition coefficient (Wildman–Crippen LogP) is 4.55. The van der Waals surface area contributed by atoms with Gasteiger partial charge in [0.1, 0.15) is 11.3 Å². The summed E-state index contributed by atoms with van der Waals surface area (Å²) in [7, 11) is 0. The lowest BCUT2D eigenvalue weighted by Gasteiger charge is -2.25. The normalized spacial score (nSPS) is 11.4. The van der Waals surface area contributed by atoms with Gasteiger partial charge in [-0.3, -0.25) is 4.79 Å². The van der Waals surface area contributed by atoms with Crippen LogP contribution in [0.3, 0.4) is 0 Å². The molecule has 0 aliphatic carbocycles. The average Bonchev–Trinajstić information content (AvgIpc) is 2.56. The van der Waals surface area contributed by atoms with Gasteiger partial charge < -0.3 is 14.5 Å². The number of amides is 1. The SMILES string of the molecule is Cc1cc(=O)oc2cc(NC(=O)C(C)(C)Oc3ccc(Cl)cc3)ccc12. The van der Waals surface area contributed by atoms with Gasteiger partial charge in [-0.25, -0.2) is 4.79 Å². The van der Waals surface area contributed by atoms with E-state index in [1.807, 2.05) is 6.92 Å². The van der Waals surface area contributed by atoms with Crippen LogP contribution in [0.15, 0.2) is 57.7 Å². The van der Waals surface area contributed by atoms with Crippen molar-refractivity contribution in [3.05, 3.63) is 69.5 Å². The Morgan fingerprint density at radius 2 is 1.81 bits per heavy atom. The molecule has 5 nitrogen and oxygen atoms in total. The molecule has 3 rings (SSSR count). The third-order valence-corrected chi connectivity index (χ3v) is 4.19. The molecule has 0 saturated carbocycles. The van der Waals surface area contributed by atoms with E-state index < -0.39 is 11.2 Å². The zero-order valence-corrected chi connectivity index (χ0v) is 15.4. The van der Waals surface area contributed by atoms with Gasteiger partial charge in [-0.05, 0) is 62.7 Å². The Hall–Kier alpha value is -2.79. The van der Waals surface area contributed by atoms with Crippen molar-refractivity contribution in [1.82, 2.24) is 0 Å². The number of carbonyl (C=O) groups excluding carboxylic acids is 1. The summed E-state index contributed by atoms with van der Waals surface area (Å²) in [5, 5.41) is 4.20. The molecule has 0 saturated heterocycles. The number of fused-ring (bicyclic) bond motifs is 1. The lowest BCUT2D eigenvalue weighted by atomic mass is 10.1. The second-order valence-corrected chi connectivity index (χ2v) is 6.92. The Balaban J connectivity index is 1.80. The highest BCUT2D eigenvalue weighted by atomic mass is 35.5. The van der Waals surface area contributed by atoms with Gasteiger partial charge in [-0.1, -0.05) is 11.6 Å². The zero-order valence-electron chi connectivity index (χ0n) is 14.6. The molecule has 0 aliphatic rings. The van der Waals surface area contributed by atoms with E-state index in [9.17, 15) is 9.59 Å². The maximum atomic E-state index is 12.6. The Morgan fingerprint density at radius 1 is 1.12 bits per heavy atom. The second kappa shape index (κ2) is 6.84. The van der Waals surface area contributed by atoms with Crippen LogP contribution in [0.4, 0.5) is 5.69 Å². The van der Waals surface area contributed by atoms with E-state index in [-0.39, 0.29) is 5.91 Å². The molecular formula is C20H18ClNO4. The van der Waals surface area contributed by atoms with Crippen molar-refractivity contribution in [3.8, 4) is 5.75 Å². The molecule has 2 aromatic carbocycles. The highest BCUT2D eigenvalue weighted by Gasteiger charge is 2.30. The van der Waals surface area contributed by atoms with Crippen molar-refractivity contribution >= 4 is 34.2 Å². The molecule has 1 N–H and O–H groups in total. The van der Waals surface area contributed by atoms with Gasteiger partial charge in [-0.15, -0.1) is 0 Å². The molecule has 0 bridgehead atoms. The minimum absolute atomic E-state index is 0.332. The quantitative estimate of drug-likeness (QED) is 0.683. The molecule has 134 valence electrons. The van der Waals surface area contributed by atoms with Gasteiger partial charge in [0.2, 0.25) is 0 Å². The lowest BCUT2D eigenvalue weighted by molar-refractivity contribution is -0.128. The third-order valence-electron chi connectivity index (χ3n) is 3.94. The first kappa shape index (κ1) is 18.0. The third kappa shape index (κ3) is 3.89. The van der Waals surface area contributed by atoms with Crippen molar-refractivity contribution < 1.29 is 13.9 Å². The van der Waals surface area contributed by atoms with Crippen molar-refractivity contribution in [2.24, 2.45) is 0 Å². The monoisotopic (exact) mass is 371 g/mol. The van der Waals surface area contributed by atoms with Gasteiger partial charge in [0.05, 0.1) is 0 Å². The molecule has 0 aliphatic heterocycles. The molecule has 1 heterocycles. The zero-order chi connectivity index (χ0) is 18.9. The van der Waals surface area contributed by atoms with Crippen molar-refractivity contribution in [3.63, 3.8) is 0 Å². The molecule has 26 heavy (non-hydrogen) atoms. The number of hydrogen-bond donors (Lipinski definition) is 1. The van der Waals surface area contributed by atoms with Crippen LogP contribution in [0.25, 0.3) is 11.0 Å². The van der Waals surface area contributed by atoms with E-state index in [1.54, 1.807) is 56.3 Å². The second-order valence-electron chi connectivity index (χ2n) is 6.48. The number of aryl methyl sites for hydroxylation is 1. The van der Waals surface area contributed by atoms with Crippen LogP contribution >= 0.6 is 11.6 Å². The van der Waals surface area contributed by atoms with E-state index >= 15 is 0 Å². The Morgan fingerprint density at radius 3 is 2.50 bits per heavy atom. The van der Waals surface area contributed by atoms with E-state index in [2.05, 4.69) is 5.32 Å². The number of anilines is 1. The Bertz CT molecular complexity index is 1020. The Labute approximate surface area is 155 Å². The number of rotatable bonds is 4. The molecule has 3 aromatic rings. The fourth-order valence-electron chi connectivity index (χ4n) is 2.53. The first-order valence-electron chi connectivity index (χ1n) is 8.05. The van der Waals surface area contributed by atoms with E-state index in [4.69, 9.17) is 20.8 Å². The first-order chi connectivity index (χ1) is 12.2. The van der Waals surface area contributed by atoms with Crippen LogP contribution in [0.5, 0.6) is 5.75 Å². The summed E-state index contributed by atoms with van der Waals surface area (Å²) in [6.07, 6.45) is 0. The number of ether oxygens (including phenoxy) is 1. The minimum atomic E-state index is -1.11. The standard InChI is InChI=1S/C20H18ClNO4/c1-12-10-18(23)25-17-11-14(6-9-16(12)17)22-19(24)20(2,3)26-15-7-4-13(21)5-8-15/h4-11H,1-3H3,(H,22,24). The number of benzene rings is 2. The van der Waals surface area contributed by atoms with Gasteiger partial charge in [-0.2, -0.15) is 0 Å². The largest absolute Gasteiger partial charge is 0.478 e. The molecule has 0 spiro atoms. The molecule has 0 fully saturated rings. The fraction of sp³-hybridized carbons (Fsp3) is 0.200. The van der Waals surface area contributed by atoms with Crippen molar-refractivity contribution in [2.75, 3.05) is 5.32 Å². The predicted molar refractivity (Wildman–Crippen MR) is 102 cm³/mol. The highest BCUT2D eigenvalue weighted by molar-refractivity contribution is 6.30. The molecule has 6 heteroatoms. The lowest BCUT2D eigenvalue weighted by Crippen LogP contribution is -2.42. The summed E-state index contributed by atoms with van der Waals surface area (Å²) >= 11 is 5.86. The van der Waals surface area contributed by atoms with Gasteiger partial charge in [0.25, 0.3) is 5.91 Å². The minimum Gasteiger partial charge on any atom is -0.478 e. The molecule has 0 unspecified atom stereocenters. The van der Waals surface area contributed by atoms with Crippen LogP contribution < -0.4 is 15.7 Å². The molecule has 0 radical (unpaired) electrons. The molecule has 1 aromatic heterocycles. The molecule has 1 amide bonds. The Kier molecular flexibility index (Phi) is 4.74. The summed E-state index contributed by atoms with van der Waals surface area (Å²) in [6, 6.07) is 13.4. The van der Waals surface area contributed by atoms with E-state index in [0.29, 0.717) is 22.0 Å². The summed E-state index contributed by atoms with van der Waals surface area (Å²) in [5.41, 5.74) is 0.217. The van der Waals surface area contributed by atoms with Crippen LogP contribution in [0, 0.1) is 6.92 Å². The van der Waals surface area contributed by atoms with Gasteiger partial charge in [0, 0.05) is 28.2 Å². The maximum absolute atomic E-state index is 12.6. The number of carbonyl (C=O) groups is 1.